The van der Waals surface area contributed by atoms with Crippen molar-refractivity contribution < 1.29 is 14.5 Å². The lowest BCUT2D eigenvalue weighted by atomic mass is 9.89. The lowest BCUT2D eigenvalue weighted by Gasteiger charge is -2.28. The first-order valence-corrected chi connectivity index (χ1v) is 9.04. The lowest BCUT2D eigenvalue weighted by Crippen LogP contribution is -2.36. The zero-order valence-electron chi connectivity index (χ0n) is 14.4. The molecule has 25 heavy (non-hydrogen) atoms. The highest BCUT2D eigenvalue weighted by Crippen LogP contribution is 2.30. The third-order valence-corrected chi connectivity index (χ3v) is 5.06. The second-order valence-corrected chi connectivity index (χ2v) is 6.77. The number of rotatable bonds is 5. The van der Waals surface area contributed by atoms with Crippen LogP contribution in [0.15, 0.2) is 18.2 Å². The molecule has 0 spiro atoms. The Hall–Kier alpha value is -2.15. The molecule has 1 N–H and O–H groups in total. The number of nitro benzene ring substituents is 1. The molecule has 0 atom stereocenters. The van der Waals surface area contributed by atoms with Gasteiger partial charge in [0.2, 0.25) is 0 Å². The van der Waals surface area contributed by atoms with Crippen LogP contribution in [0.5, 0.6) is 0 Å². The van der Waals surface area contributed by atoms with E-state index in [2.05, 4.69) is 5.32 Å². The van der Waals surface area contributed by atoms with Crippen LogP contribution in [0.2, 0.25) is 0 Å². The summed E-state index contributed by atoms with van der Waals surface area (Å²) in [5.74, 6) is 0.294. The largest absolute Gasteiger partial charge is 0.378 e. The number of benzene rings is 1. The van der Waals surface area contributed by atoms with Gasteiger partial charge in [-0.05, 0) is 30.9 Å². The molecule has 1 aliphatic heterocycles. The molecule has 7 heteroatoms. The summed E-state index contributed by atoms with van der Waals surface area (Å²) in [6, 6.07) is 4.74. The van der Waals surface area contributed by atoms with Crippen molar-refractivity contribution in [3.63, 3.8) is 0 Å². The van der Waals surface area contributed by atoms with Crippen molar-refractivity contribution in [3.05, 3.63) is 33.9 Å². The van der Waals surface area contributed by atoms with Gasteiger partial charge in [0.05, 0.1) is 18.1 Å². The highest BCUT2D eigenvalue weighted by Gasteiger charge is 2.23. The molecule has 2 fully saturated rings. The van der Waals surface area contributed by atoms with Gasteiger partial charge in [0, 0.05) is 31.3 Å². The molecule has 1 aromatic rings. The predicted molar refractivity (Wildman–Crippen MR) is 95.0 cm³/mol. The van der Waals surface area contributed by atoms with E-state index in [4.69, 9.17) is 4.74 Å². The van der Waals surface area contributed by atoms with Crippen molar-refractivity contribution in [1.29, 1.82) is 0 Å². The van der Waals surface area contributed by atoms with Crippen molar-refractivity contribution in [2.45, 2.75) is 32.1 Å². The number of hydrogen-bond donors (Lipinski definition) is 1. The maximum absolute atomic E-state index is 12.4. The van der Waals surface area contributed by atoms with Gasteiger partial charge in [0.1, 0.15) is 5.69 Å². The number of nitrogens with one attached hydrogen (secondary N) is 1. The Kier molecular flexibility index (Phi) is 5.86. The number of carbonyl (C=O) groups is 1. The number of anilines is 1. The summed E-state index contributed by atoms with van der Waals surface area (Å²) in [5.41, 5.74) is 0.879. The third kappa shape index (κ3) is 4.48. The number of morpholine rings is 1. The predicted octanol–water partition coefficient (Wildman–Crippen LogP) is 2.74. The molecule has 1 amide bonds. The smallest absolute Gasteiger partial charge is 0.293 e. The number of amides is 1. The highest BCUT2D eigenvalue weighted by molar-refractivity contribution is 5.95. The van der Waals surface area contributed by atoms with E-state index in [1.54, 1.807) is 12.1 Å². The second-order valence-electron chi connectivity index (χ2n) is 6.77. The molecule has 3 rings (SSSR count). The lowest BCUT2D eigenvalue weighted by molar-refractivity contribution is -0.384. The molecule has 7 nitrogen and oxygen atoms in total. The minimum Gasteiger partial charge on any atom is -0.378 e. The fourth-order valence-corrected chi connectivity index (χ4v) is 3.61. The zero-order chi connectivity index (χ0) is 17.6. The zero-order valence-corrected chi connectivity index (χ0v) is 14.4. The van der Waals surface area contributed by atoms with Gasteiger partial charge in [-0.2, -0.15) is 0 Å². The maximum Gasteiger partial charge on any atom is 0.293 e. The molecular weight excluding hydrogens is 322 g/mol. The Morgan fingerprint density at radius 3 is 2.64 bits per heavy atom. The normalized spacial score (nSPS) is 18.8. The summed E-state index contributed by atoms with van der Waals surface area (Å²) in [4.78, 5) is 25.4. The molecule has 2 aliphatic rings. The van der Waals surface area contributed by atoms with Crippen LogP contribution in [0, 0.1) is 16.0 Å². The van der Waals surface area contributed by atoms with Gasteiger partial charge in [-0.25, -0.2) is 0 Å². The van der Waals surface area contributed by atoms with Gasteiger partial charge in [-0.1, -0.05) is 19.3 Å². The van der Waals surface area contributed by atoms with Gasteiger partial charge in [-0.15, -0.1) is 0 Å². The van der Waals surface area contributed by atoms with E-state index in [1.807, 2.05) is 4.90 Å². The number of carbonyl (C=O) groups excluding carboxylic acids is 1. The van der Waals surface area contributed by atoms with Crippen LogP contribution >= 0.6 is 0 Å². The van der Waals surface area contributed by atoms with Crippen molar-refractivity contribution in [3.8, 4) is 0 Å². The van der Waals surface area contributed by atoms with Crippen LogP contribution < -0.4 is 10.2 Å². The molecule has 1 aromatic carbocycles. The summed E-state index contributed by atoms with van der Waals surface area (Å²) in [5, 5.41) is 14.4. The van der Waals surface area contributed by atoms with Crippen LogP contribution in [-0.2, 0) is 4.74 Å². The minimum absolute atomic E-state index is 0.0211. The Bertz CT molecular complexity index is 623. The van der Waals surface area contributed by atoms with Crippen LogP contribution in [0.1, 0.15) is 42.5 Å². The molecule has 1 saturated carbocycles. The Balaban J connectivity index is 1.69. The summed E-state index contributed by atoms with van der Waals surface area (Å²) in [6.07, 6.45) is 6.02. The summed E-state index contributed by atoms with van der Waals surface area (Å²) >= 11 is 0. The first-order valence-electron chi connectivity index (χ1n) is 9.04. The average Bonchev–Trinajstić information content (AvgIpc) is 2.67. The van der Waals surface area contributed by atoms with Gasteiger partial charge < -0.3 is 15.0 Å². The van der Waals surface area contributed by atoms with Gasteiger partial charge in [-0.3, -0.25) is 14.9 Å². The molecule has 0 unspecified atom stereocenters. The number of nitro groups is 1. The summed E-state index contributed by atoms with van der Waals surface area (Å²) in [7, 11) is 0. The van der Waals surface area contributed by atoms with Crippen LogP contribution in [-0.4, -0.2) is 43.7 Å². The molecule has 1 heterocycles. The van der Waals surface area contributed by atoms with Crippen molar-refractivity contribution in [2.75, 3.05) is 37.7 Å². The van der Waals surface area contributed by atoms with E-state index in [0.29, 0.717) is 50.0 Å². The molecule has 0 radical (unpaired) electrons. The summed E-state index contributed by atoms with van der Waals surface area (Å²) < 4.78 is 5.30. The fraction of sp³-hybridized carbons (Fsp3) is 0.611. The highest BCUT2D eigenvalue weighted by atomic mass is 16.6. The quantitative estimate of drug-likeness (QED) is 0.654. The van der Waals surface area contributed by atoms with Gasteiger partial charge in [0.25, 0.3) is 11.6 Å². The Labute approximate surface area is 147 Å². The van der Waals surface area contributed by atoms with Crippen LogP contribution in [0.3, 0.4) is 0 Å². The Morgan fingerprint density at radius 2 is 1.96 bits per heavy atom. The van der Waals surface area contributed by atoms with Crippen molar-refractivity contribution in [1.82, 2.24) is 5.32 Å². The standard InChI is InChI=1S/C18H25N3O4/c22-18(19-13-14-4-2-1-3-5-14)15-6-7-16(17(12-15)21(23)24)20-8-10-25-11-9-20/h6-7,12,14H,1-5,8-11,13H2,(H,19,22). The molecule has 1 saturated heterocycles. The SMILES string of the molecule is O=C(NCC1CCCCC1)c1ccc(N2CCOCC2)c([N+](=O)[O-])c1. The molecular formula is C18H25N3O4. The number of ether oxygens (including phenoxy) is 1. The van der Waals surface area contributed by atoms with Gasteiger partial charge >= 0.3 is 0 Å². The fourth-order valence-electron chi connectivity index (χ4n) is 3.61. The number of hydrogen-bond acceptors (Lipinski definition) is 5. The molecule has 136 valence electrons. The Morgan fingerprint density at radius 1 is 1.24 bits per heavy atom. The monoisotopic (exact) mass is 347 g/mol. The second kappa shape index (κ2) is 8.29. The number of nitrogens with zero attached hydrogens (tertiary/aromatic N) is 2. The first-order chi connectivity index (χ1) is 12.1. The van der Waals surface area contributed by atoms with E-state index in [9.17, 15) is 14.9 Å². The van der Waals surface area contributed by atoms with Gasteiger partial charge in [0.15, 0.2) is 0 Å². The van der Waals surface area contributed by atoms with Crippen LogP contribution in [0.25, 0.3) is 0 Å². The van der Waals surface area contributed by atoms with E-state index >= 15 is 0 Å². The van der Waals surface area contributed by atoms with Crippen LogP contribution in [0.4, 0.5) is 11.4 Å². The average molecular weight is 347 g/mol. The third-order valence-electron chi connectivity index (χ3n) is 5.06. The van der Waals surface area contributed by atoms with E-state index in [0.717, 1.165) is 12.8 Å². The van der Waals surface area contributed by atoms with Crippen molar-refractivity contribution >= 4 is 17.3 Å². The van der Waals surface area contributed by atoms with E-state index < -0.39 is 4.92 Å². The summed E-state index contributed by atoms with van der Waals surface area (Å²) in [6.45, 7) is 3.00. The topological polar surface area (TPSA) is 84.7 Å². The van der Waals surface area contributed by atoms with E-state index in [1.165, 1.54) is 25.3 Å². The molecule has 0 bridgehead atoms. The minimum atomic E-state index is -0.414. The van der Waals surface area contributed by atoms with Crippen molar-refractivity contribution in [2.24, 2.45) is 5.92 Å². The molecule has 0 aromatic heterocycles. The first kappa shape index (κ1) is 17.7. The van der Waals surface area contributed by atoms with E-state index in [-0.39, 0.29) is 11.6 Å². The maximum atomic E-state index is 12.4. The molecule has 1 aliphatic carbocycles.